The van der Waals surface area contributed by atoms with E-state index in [-0.39, 0.29) is 11.7 Å². The van der Waals surface area contributed by atoms with Crippen molar-refractivity contribution < 1.29 is 9.18 Å². The summed E-state index contributed by atoms with van der Waals surface area (Å²) in [5, 5.41) is 3.07. The van der Waals surface area contributed by atoms with Gasteiger partial charge in [-0.2, -0.15) is 0 Å². The van der Waals surface area contributed by atoms with Gasteiger partial charge in [0.25, 0.3) is 0 Å². The maximum Gasteiger partial charge on any atom is 0.244 e. The predicted molar refractivity (Wildman–Crippen MR) is 79.7 cm³/mol. The van der Waals surface area contributed by atoms with Crippen molar-refractivity contribution in [3.63, 3.8) is 0 Å². The van der Waals surface area contributed by atoms with Gasteiger partial charge < -0.3 is 5.32 Å². The predicted octanol–water partition coefficient (Wildman–Crippen LogP) is 4.07. The summed E-state index contributed by atoms with van der Waals surface area (Å²) < 4.78 is 12.8. The summed E-state index contributed by atoms with van der Waals surface area (Å²) in [6.07, 6.45) is 11.7. The van der Waals surface area contributed by atoms with Crippen molar-refractivity contribution in [1.29, 1.82) is 0 Å². The van der Waals surface area contributed by atoms with Gasteiger partial charge in [-0.25, -0.2) is 4.39 Å². The van der Waals surface area contributed by atoms with E-state index in [2.05, 4.69) is 5.32 Å². The topological polar surface area (TPSA) is 29.1 Å². The molecule has 0 bridgehead atoms. The second-order valence-electron chi connectivity index (χ2n) is 5.44. The zero-order chi connectivity index (χ0) is 14.2. The molecule has 0 radical (unpaired) electrons. The van der Waals surface area contributed by atoms with Crippen LogP contribution in [0.1, 0.15) is 50.5 Å². The van der Waals surface area contributed by atoms with E-state index in [1.54, 1.807) is 18.2 Å². The monoisotopic (exact) mass is 275 g/mol. The molecule has 0 spiro atoms. The highest BCUT2D eigenvalue weighted by molar-refractivity contribution is 5.91. The van der Waals surface area contributed by atoms with Crippen LogP contribution in [-0.2, 0) is 4.79 Å². The lowest BCUT2D eigenvalue weighted by molar-refractivity contribution is -0.117. The lowest BCUT2D eigenvalue weighted by Gasteiger charge is -2.20. The molecule has 0 atom stereocenters. The van der Waals surface area contributed by atoms with Crippen molar-refractivity contribution >= 4 is 12.0 Å². The van der Waals surface area contributed by atoms with Crippen LogP contribution in [0.4, 0.5) is 4.39 Å². The van der Waals surface area contributed by atoms with Gasteiger partial charge in [-0.15, -0.1) is 0 Å². The summed E-state index contributed by atoms with van der Waals surface area (Å²) in [5.41, 5.74) is 0.833. The highest BCUT2D eigenvalue weighted by Gasteiger charge is 2.12. The van der Waals surface area contributed by atoms with Gasteiger partial charge in [0.15, 0.2) is 0 Å². The molecule has 2 nitrogen and oxygen atoms in total. The van der Waals surface area contributed by atoms with Crippen LogP contribution in [0.5, 0.6) is 0 Å². The number of rotatable bonds is 3. The Labute approximate surface area is 120 Å². The molecule has 1 N–H and O–H groups in total. The Balaban J connectivity index is 1.83. The molecule has 3 heteroatoms. The highest BCUT2D eigenvalue weighted by atomic mass is 19.1. The average Bonchev–Trinajstić information content (AvgIpc) is 2.41. The van der Waals surface area contributed by atoms with Crippen LogP contribution in [0.3, 0.4) is 0 Å². The molecule has 0 unspecified atom stereocenters. The Morgan fingerprint density at radius 2 is 1.65 bits per heavy atom. The van der Waals surface area contributed by atoms with Gasteiger partial charge in [-0.1, -0.05) is 44.2 Å². The summed E-state index contributed by atoms with van der Waals surface area (Å²) >= 11 is 0. The van der Waals surface area contributed by atoms with Crippen LogP contribution in [0.15, 0.2) is 30.3 Å². The molecular weight excluding hydrogens is 253 g/mol. The lowest BCUT2D eigenvalue weighted by atomic mass is 9.97. The number of carbonyl (C=O) groups excluding carboxylic acids is 1. The van der Waals surface area contributed by atoms with E-state index in [0.717, 1.165) is 18.4 Å². The molecule has 108 valence electrons. The number of hydrogen-bond acceptors (Lipinski definition) is 1. The van der Waals surface area contributed by atoms with Gasteiger partial charge >= 0.3 is 0 Å². The fraction of sp³-hybridized carbons (Fsp3) is 0.471. The van der Waals surface area contributed by atoms with Crippen molar-refractivity contribution in [2.24, 2.45) is 0 Å². The molecule has 2 rings (SSSR count). The van der Waals surface area contributed by atoms with Gasteiger partial charge in [0.1, 0.15) is 5.82 Å². The largest absolute Gasteiger partial charge is 0.350 e. The number of carbonyl (C=O) groups is 1. The van der Waals surface area contributed by atoms with Gasteiger partial charge in [0, 0.05) is 12.1 Å². The van der Waals surface area contributed by atoms with E-state index in [1.165, 1.54) is 50.3 Å². The van der Waals surface area contributed by atoms with E-state index in [4.69, 9.17) is 0 Å². The van der Waals surface area contributed by atoms with Crippen molar-refractivity contribution in [2.45, 2.75) is 51.0 Å². The van der Waals surface area contributed by atoms with E-state index in [0.29, 0.717) is 6.04 Å². The fourth-order valence-corrected chi connectivity index (χ4v) is 2.60. The van der Waals surface area contributed by atoms with E-state index in [1.807, 2.05) is 0 Å². The second kappa shape index (κ2) is 7.83. The molecule has 1 aromatic carbocycles. The minimum atomic E-state index is -0.263. The van der Waals surface area contributed by atoms with Crippen LogP contribution >= 0.6 is 0 Å². The Morgan fingerprint density at radius 1 is 1.05 bits per heavy atom. The maximum absolute atomic E-state index is 12.8. The number of benzene rings is 1. The third kappa shape index (κ3) is 5.16. The minimum absolute atomic E-state index is 0.0556. The number of hydrogen-bond donors (Lipinski definition) is 1. The van der Waals surface area contributed by atoms with Crippen LogP contribution in [0.25, 0.3) is 6.08 Å². The smallest absolute Gasteiger partial charge is 0.244 e. The van der Waals surface area contributed by atoms with Crippen molar-refractivity contribution in [1.82, 2.24) is 5.32 Å². The van der Waals surface area contributed by atoms with Gasteiger partial charge in [-0.3, -0.25) is 4.79 Å². The Kier molecular flexibility index (Phi) is 5.78. The Bertz CT molecular complexity index is 445. The van der Waals surface area contributed by atoms with Gasteiger partial charge in [-0.05, 0) is 36.6 Å². The number of nitrogens with one attached hydrogen (secondary N) is 1. The number of halogens is 1. The van der Waals surface area contributed by atoms with E-state index >= 15 is 0 Å². The molecule has 1 aliphatic carbocycles. The minimum Gasteiger partial charge on any atom is -0.350 e. The van der Waals surface area contributed by atoms with E-state index < -0.39 is 0 Å². The second-order valence-corrected chi connectivity index (χ2v) is 5.44. The molecule has 1 fully saturated rings. The highest BCUT2D eigenvalue weighted by Crippen LogP contribution is 2.17. The lowest BCUT2D eigenvalue weighted by Crippen LogP contribution is -2.34. The molecule has 0 aromatic heterocycles. The first-order chi connectivity index (χ1) is 9.74. The zero-order valence-corrected chi connectivity index (χ0v) is 11.8. The molecule has 0 heterocycles. The van der Waals surface area contributed by atoms with Crippen LogP contribution < -0.4 is 5.32 Å². The van der Waals surface area contributed by atoms with Gasteiger partial charge in [0.2, 0.25) is 5.91 Å². The number of amides is 1. The third-order valence-corrected chi connectivity index (χ3v) is 3.75. The normalized spacial score (nSPS) is 17.6. The quantitative estimate of drug-likeness (QED) is 0.828. The summed E-state index contributed by atoms with van der Waals surface area (Å²) in [5.74, 6) is -0.318. The van der Waals surface area contributed by atoms with E-state index in [9.17, 15) is 9.18 Å². The first-order valence-electron chi connectivity index (χ1n) is 7.48. The molecule has 1 amide bonds. The first kappa shape index (κ1) is 14.8. The zero-order valence-electron chi connectivity index (χ0n) is 11.8. The molecule has 1 aromatic rings. The molecule has 0 aliphatic heterocycles. The van der Waals surface area contributed by atoms with Crippen molar-refractivity contribution in [3.05, 3.63) is 41.7 Å². The van der Waals surface area contributed by atoms with Crippen molar-refractivity contribution in [3.8, 4) is 0 Å². The average molecular weight is 275 g/mol. The molecular formula is C17H22FNO. The molecule has 20 heavy (non-hydrogen) atoms. The summed E-state index contributed by atoms with van der Waals surface area (Å²) in [6.45, 7) is 0. The first-order valence-corrected chi connectivity index (χ1v) is 7.48. The summed E-state index contributed by atoms with van der Waals surface area (Å²) in [4.78, 5) is 11.9. The Hall–Kier alpha value is -1.64. The molecule has 1 saturated carbocycles. The van der Waals surface area contributed by atoms with Gasteiger partial charge in [0.05, 0.1) is 0 Å². The van der Waals surface area contributed by atoms with Crippen LogP contribution in [0, 0.1) is 5.82 Å². The van der Waals surface area contributed by atoms with Crippen molar-refractivity contribution in [2.75, 3.05) is 0 Å². The Morgan fingerprint density at radius 3 is 2.30 bits per heavy atom. The summed E-state index contributed by atoms with van der Waals surface area (Å²) in [7, 11) is 0. The molecule has 1 aliphatic rings. The molecule has 0 saturated heterocycles. The standard InChI is InChI=1S/C17H22FNO/c18-15-11-8-14(9-12-15)10-13-17(20)19-16-6-4-2-1-3-5-7-16/h8-13,16H,1-7H2,(H,19,20)/b13-10-. The maximum atomic E-state index is 12.8. The van der Waals surface area contributed by atoms with Crippen LogP contribution in [0.2, 0.25) is 0 Å². The summed E-state index contributed by atoms with van der Waals surface area (Å²) in [6, 6.07) is 6.42. The fourth-order valence-electron chi connectivity index (χ4n) is 2.60. The SMILES string of the molecule is O=C(/C=C\c1ccc(F)cc1)NC1CCCCCCC1. The van der Waals surface area contributed by atoms with Crippen LogP contribution in [-0.4, -0.2) is 11.9 Å². The third-order valence-electron chi connectivity index (χ3n) is 3.75.